The quantitative estimate of drug-likeness (QED) is 0.809. The van der Waals surface area contributed by atoms with Gasteiger partial charge in [0.25, 0.3) is 0 Å². The summed E-state index contributed by atoms with van der Waals surface area (Å²) < 4.78 is 16.7. The standard InChI is InChI=1S/C12H15NO3S/c1-8-11(16-12(14)13(8)2)9-5-4-6-10(7-9)17(3)15/h4-8,11H,1-3H3/t8-,11-,17?/m0/s1. The van der Waals surface area contributed by atoms with Crippen LogP contribution < -0.4 is 0 Å². The molecule has 0 aromatic heterocycles. The Bertz CT molecular complexity index is 475. The van der Waals surface area contributed by atoms with Crippen LogP contribution in [0.25, 0.3) is 0 Å². The summed E-state index contributed by atoms with van der Waals surface area (Å²) in [6, 6.07) is 7.37. The molecular formula is C12H15NO3S. The Hall–Kier alpha value is -1.36. The largest absolute Gasteiger partial charge is 0.439 e. The van der Waals surface area contributed by atoms with Crippen LogP contribution in [0, 0.1) is 0 Å². The molecule has 92 valence electrons. The van der Waals surface area contributed by atoms with Crippen molar-refractivity contribution < 1.29 is 13.7 Å². The number of benzene rings is 1. The highest BCUT2D eigenvalue weighted by molar-refractivity contribution is 7.84. The summed E-state index contributed by atoms with van der Waals surface area (Å²) in [7, 11) is 0.695. The number of likely N-dealkylation sites (N-methyl/N-ethyl adjacent to an activating group) is 1. The number of cyclic esters (lactones) is 1. The second-order valence-electron chi connectivity index (χ2n) is 4.18. The van der Waals surface area contributed by atoms with E-state index >= 15 is 0 Å². The van der Waals surface area contributed by atoms with Gasteiger partial charge in [-0.2, -0.15) is 0 Å². The predicted molar refractivity (Wildman–Crippen MR) is 65.2 cm³/mol. The zero-order valence-corrected chi connectivity index (χ0v) is 10.9. The summed E-state index contributed by atoms with van der Waals surface area (Å²) in [5.74, 6) is 0. The molecule has 1 amide bonds. The average molecular weight is 253 g/mol. The summed E-state index contributed by atoms with van der Waals surface area (Å²) in [5, 5.41) is 0. The highest BCUT2D eigenvalue weighted by Crippen LogP contribution is 2.31. The van der Waals surface area contributed by atoms with Crippen molar-refractivity contribution in [2.45, 2.75) is 24.0 Å². The fraction of sp³-hybridized carbons (Fsp3) is 0.417. The number of ether oxygens (including phenoxy) is 1. The van der Waals surface area contributed by atoms with Crippen LogP contribution in [0.15, 0.2) is 29.2 Å². The van der Waals surface area contributed by atoms with Gasteiger partial charge in [-0.15, -0.1) is 0 Å². The van der Waals surface area contributed by atoms with Crippen LogP contribution in [-0.4, -0.2) is 34.5 Å². The Balaban J connectivity index is 2.32. The summed E-state index contributed by atoms with van der Waals surface area (Å²) in [6.45, 7) is 1.94. The smallest absolute Gasteiger partial charge is 0.410 e. The Labute approximate surface area is 103 Å². The van der Waals surface area contributed by atoms with E-state index in [1.807, 2.05) is 31.2 Å². The summed E-state index contributed by atoms with van der Waals surface area (Å²) in [6.07, 6.45) is 1.04. The predicted octanol–water partition coefficient (Wildman–Crippen LogP) is 1.94. The van der Waals surface area contributed by atoms with Crippen molar-refractivity contribution in [2.24, 2.45) is 0 Å². The Morgan fingerprint density at radius 2 is 2.12 bits per heavy atom. The van der Waals surface area contributed by atoms with E-state index in [0.29, 0.717) is 0 Å². The van der Waals surface area contributed by atoms with Gasteiger partial charge in [0, 0.05) is 29.0 Å². The highest BCUT2D eigenvalue weighted by Gasteiger charge is 2.37. The van der Waals surface area contributed by atoms with Crippen LogP contribution in [0.1, 0.15) is 18.6 Å². The van der Waals surface area contributed by atoms with Gasteiger partial charge in [-0.25, -0.2) is 4.79 Å². The maximum Gasteiger partial charge on any atom is 0.410 e. The number of carbonyl (C=O) groups excluding carboxylic acids is 1. The van der Waals surface area contributed by atoms with E-state index in [4.69, 9.17) is 4.74 Å². The maximum atomic E-state index is 11.4. The van der Waals surface area contributed by atoms with Gasteiger partial charge >= 0.3 is 6.09 Å². The second kappa shape index (κ2) is 4.49. The molecule has 1 aliphatic heterocycles. The van der Waals surface area contributed by atoms with E-state index in [1.165, 1.54) is 0 Å². The van der Waals surface area contributed by atoms with Gasteiger partial charge in [0.1, 0.15) is 6.10 Å². The van der Waals surface area contributed by atoms with Crippen molar-refractivity contribution in [1.29, 1.82) is 0 Å². The Morgan fingerprint density at radius 3 is 2.65 bits per heavy atom. The lowest BCUT2D eigenvalue weighted by atomic mass is 10.0. The third-order valence-electron chi connectivity index (χ3n) is 3.08. The first-order valence-electron chi connectivity index (χ1n) is 5.37. The molecule has 1 fully saturated rings. The molecule has 2 rings (SSSR count). The molecule has 4 nitrogen and oxygen atoms in total. The first kappa shape index (κ1) is 12.1. The SMILES string of the molecule is C[C@H]1[C@@H](c2cccc(S(C)=O)c2)OC(=O)N1C. The van der Waals surface area contributed by atoms with E-state index in [0.717, 1.165) is 10.5 Å². The van der Waals surface area contributed by atoms with E-state index in [2.05, 4.69) is 0 Å². The molecule has 0 saturated carbocycles. The van der Waals surface area contributed by atoms with E-state index in [-0.39, 0.29) is 18.2 Å². The number of rotatable bonds is 2. The minimum Gasteiger partial charge on any atom is -0.439 e. The highest BCUT2D eigenvalue weighted by atomic mass is 32.2. The minimum atomic E-state index is -1.02. The lowest BCUT2D eigenvalue weighted by Crippen LogP contribution is -2.27. The molecule has 1 unspecified atom stereocenters. The van der Waals surface area contributed by atoms with Crippen LogP contribution in [0.2, 0.25) is 0 Å². The molecule has 1 saturated heterocycles. The van der Waals surface area contributed by atoms with Crippen molar-refractivity contribution >= 4 is 16.9 Å². The van der Waals surface area contributed by atoms with Crippen molar-refractivity contribution in [3.8, 4) is 0 Å². The minimum absolute atomic E-state index is 0.0111. The van der Waals surface area contributed by atoms with Crippen molar-refractivity contribution in [2.75, 3.05) is 13.3 Å². The fourth-order valence-electron chi connectivity index (χ4n) is 1.88. The third kappa shape index (κ3) is 2.20. The topological polar surface area (TPSA) is 46.6 Å². The zero-order chi connectivity index (χ0) is 12.6. The van der Waals surface area contributed by atoms with Gasteiger partial charge < -0.3 is 9.64 Å². The molecule has 1 heterocycles. The van der Waals surface area contributed by atoms with Gasteiger partial charge in [-0.3, -0.25) is 4.21 Å². The van der Waals surface area contributed by atoms with Gasteiger partial charge in [0.05, 0.1) is 6.04 Å². The molecule has 1 aromatic rings. The second-order valence-corrected chi connectivity index (χ2v) is 5.56. The molecule has 0 N–H and O–H groups in total. The molecule has 1 aromatic carbocycles. The zero-order valence-electron chi connectivity index (χ0n) is 10.0. The molecule has 17 heavy (non-hydrogen) atoms. The molecular weight excluding hydrogens is 238 g/mol. The lowest BCUT2D eigenvalue weighted by Gasteiger charge is -2.17. The van der Waals surface area contributed by atoms with Crippen LogP contribution in [-0.2, 0) is 15.5 Å². The molecule has 0 radical (unpaired) electrons. The van der Waals surface area contributed by atoms with Crippen molar-refractivity contribution in [3.05, 3.63) is 29.8 Å². The van der Waals surface area contributed by atoms with Crippen LogP contribution >= 0.6 is 0 Å². The maximum absolute atomic E-state index is 11.4. The van der Waals surface area contributed by atoms with E-state index in [1.54, 1.807) is 18.2 Å². The van der Waals surface area contributed by atoms with Gasteiger partial charge in [0.15, 0.2) is 0 Å². The first-order valence-corrected chi connectivity index (χ1v) is 6.93. The first-order chi connectivity index (χ1) is 8.00. The average Bonchev–Trinajstić information content (AvgIpc) is 2.57. The van der Waals surface area contributed by atoms with Crippen LogP contribution in [0.5, 0.6) is 0 Å². The normalized spacial score (nSPS) is 25.8. The fourth-order valence-corrected chi connectivity index (χ4v) is 2.45. The van der Waals surface area contributed by atoms with Gasteiger partial charge in [-0.05, 0) is 24.6 Å². The Morgan fingerprint density at radius 1 is 1.41 bits per heavy atom. The van der Waals surface area contributed by atoms with Gasteiger partial charge in [-0.1, -0.05) is 12.1 Å². The van der Waals surface area contributed by atoms with Crippen molar-refractivity contribution in [3.63, 3.8) is 0 Å². The summed E-state index contributed by atoms with van der Waals surface area (Å²) >= 11 is 0. The number of hydrogen-bond acceptors (Lipinski definition) is 3. The van der Waals surface area contributed by atoms with E-state index in [9.17, 15) is 9.00 Å². The van der Waals surface area contributed by atoms with E-state index < -0.39 is 10.8 Å². The monoisotopic (exact) mass is 253 g/mol. The molecule has 3 atom stereocenters. The molecule has 0 bridgehead atoms. The van der Waals surface area contributed by atoms with Crippen LogP contribution in [0.4, 0.5) is 4.79 Å². The lowest BCUT2D eigenvalue weighted by molar-refractivity contribution is 0.131. The molecule has 0 spiro atoms. The molecule has 1 aliphatic rings. The number of nitrogens with zero attached hydrogens (tertiary/aromatic N) is 1. The summed E-state index contributed by atoms with van der Waals surface area (Å²) in [4.78, 5) is 13.8. The number of carbonyl (C=O) groups is 1. The number of hydrogen-bond donors (Lipinski definition) is 0. The summed E-state index contributed by atoms with van der Waals surface area (Å²) in [5.41, 5.74) is 0.892. The van der Waals surface area contributed by atoms with Gasteiger partial charge in [0.2, 0.25) is 0 Å². The van der Waals surface area contributed by atoms with Crippen LogP contribution in [0.3, 0.4) is 0 Å². The third-order valence-corrected chi connectivity index (χ3v) is 4.00. The Kier molecular flexibility index (Phi) is 3.19. The molecule has 5 heteroatoms. The molecule has 0 aliphatic carbocycles. The number of amides is 1. The van der Waals surface area contributed by atoms with Crippen molar-refractivity contribution in [1.82, 2.24) is 4.90 Å².